The van der Waals surface area contributed by atoms with Crippen molar-refractivity contribution >= 4 is 11.7 Å². The number of carbonyl (C=O) groups is 2. The highest BCUT2D eigenvalue weighted by atomic mass is 16.2. The smallest absolute Gasteiger partial charge is 0.234 e. The highest BCUT2D eigenvalue weighted by Gasteiger charge is 2.15. The molecule has 0 saturated carbocycles. The van der Waals surface area contributed by atoms with Crippen molar-refractivity contribution in [2.45, 2.75) is 19.8 Å². The standard InChI is InChI=1S/C7H12N2O2/c1-6(10)5-9-4-2-3-7(11)8-9/h2-5H2,1H3,(H,8,11). The predicted molar refractivity (Wildman–Crippen MR) is 39.6 cm³/mol. The minimum Gasteiger partial charge on any atom is -0.298 e. The molecule has 4 nitrogen and oxygen atoms in total. The normalized spacial score (nSPS) is 19.5. The van der Waals surface area contributed by atoms with Gasteiger partial charge in [-0.1, -0.05) is 0 Å². The van der Waals surface area contributed by atoms with Crippen LogP contribution in [0.3, 0.4) is 0 Å². The molecule has 0 radical (unpaired) electrons. The molecule has 1 fully saturated rings. The fourth-order valence-corrected chi connectivity index (χ4v) is 1.11. The number of nitrogens with zero attached hydrogens (tertiary/aromatic N) is 1. The lowest BCUT2D eigenvalue weighted by molar-refractivity contribution is -0.130. The van der Waals surface area contributed by atoms with Crippen LogP contribution < -0.4 is 5.43 Å². The minimum atomic E-state index is 0.0116. The van der Waals surface area contributed by atoms with E-state index in [1.165, 1.54) is 6.92 Å². The van der Waals surface area contributed by atoms with Gasteiger partial charge in [-0.25, -0.2) is 5.01 Å². The van der Waals surface area contributed by atoms with Crippen LogP contribution in [-0.2, 0) is 9.59 Å². The van der Waals surface area contributed by atoms with Gasteiger partial charge in [0.05, 0.1) is 6.54 Å². The van der Waals surface area contributed by atoms with E-state index in [4.69, 9.17) is 0 Å². The van der Waals surface area contributed by atoms with Gasteiger partial charge in [0.1, 0.15) is 5.78 Å². The zero-order chi connectivity index (χ0) is 8.27. The summed E-state index contributed by atoms with van der Waals surface area (Å²) in [5.41, 5.74) is 2.62. The quantitative estimate of drug-likeness (QED) is 0.597. The van der Waals surface area contributed by atoms with E-state index >= 15 is 0 Å². The van der Waals surface area contributed by atoms with E-state index in [9.17, 15) is 9.59 Å². The van der Waals surface area contributed by atoms with E-state index in [-0.39, 0.29) is 11.7 Å². The van der Waals surface area contributed by atoms with E-state index in [0.29, 0.717) is 13.0 Å². The summed E-state index contributed by atoms with van der Waals surface area (Å²) in [6, 6.07) is 0. The van der Waals surface area contributed by atoms with Crippen molar-refractivity contribution in [3.05, 3.63) is 0 Å². The highest BCUT2D eigenvalue weighted by molar-refractivity contribution is 5.79. The van der Waals surface area contributed by atoms with Crippen molar-refractivity contribution in [3.8, 4) is 0 Å². The summed E-state index contributed by atoms with van der Waals surface area (Å²) in [5, 5.41) is 1.66. The molecule has 0 aromatic heterocycles. The van der Waals surface area contributed by atoms with E-state index in [1.54, 1.807) is 5.01 Å². The Bertz CT molecular complexity index is 177. The fraction of sp³-hybridized carbons (Fsp3) is 0.714. The molecule has 0 bridgehead atoms. The maximum absolute atomic E-state index is 10.8. The Morgan fingerprint density at radius 1 is 1.73 bits per heavy atom. The SMILES string of the molecule is CC(=O)CN1CCCC(=O)N1. The van der Waals surface area contributed by atoms with Crippen molar-refractivity contribution in [1.29, 1.82) is 0 Å². The topological polar surface area (TPSA) is 49.4 Å². The Morgan fingerprint density at radius 3 is 3.00 bits per heavy atom. The summed E-state index contributed by atoms with van der Waals surface area (Å²) in [4.78, 5) is 21.4. The summed E-state index contributed by atoms with van der Waals surface area (Å²) in [6.07, 6.45) is 1.42. The van der Waals surface area contributed by atoms with Crippen LogP contribution in [0.5, 0.6) is 0 Å². The summed E-state index contributed by atoms with van der Waals surface area (Å²) in [7, 11) is 0. The van der Waals surface area contributed by atoms with Crippen LogP contribution in [0.25, 0.3) is 0 Å². The summed E-state index contributed by atoms with van der Waals surface area (Å²) >= 11 is 0. The van der Waals surface area contributed by atoms with E-state index in [2.05, 4.69) is 5.43 Å². The van der Waals surface area contributed by atoms with Crippen molar-refractivity contribution in [3.63, 3.8) is 0 Å². The first-order valence-electron chi connectivity index (χ1n) is 3.72. The average molecular weight is 156 g/mol. The predicted octanol–water partition coefficient (Wildman–Crippen LogP) is -0.298. The van der Waals surface area contributed by atoms with Crippen LogP contribution in [0.1, 0.15) is 19.8 Å². The van der Waals surface area contributed by atoms with Gasteiger partial charge in [-0.05, 0) is 13.3 Å². The first kappa shape index (κ1) is 8.20. The number of hydrogen-bond acceptors (Lipinski definition) is 3. The average Bonchev–Trinajstić information content (AvgIpc) is 1.85. The number of rotatable bonds is 2. The Balaban J connectivity index is 2.34. The van der Waals surface area contributed by atoms with E-state index in [1.807, 2.05) is 0 Å². The van der Waals surface area contributed by atoms with Crippen molar-refractivity contribution < 1.29 is 9.59 Å². The van der Waals surface area contributed by atoms with Gasteiger partial charge in [0, 0.05) is 13.0 Å². The first-order chi connectivity index (χ1) is 5.18. The molecule has 0 atom stereocenters. The third-order valence-corrected chi connectivity index (χ3v) is 1.53. The second-order valence-electron chi connectivity index (χ2n) is 2.76. The van der Waals surface area contributed by atoms with Gasteiger partial charge in [0.15, 0.2) is 0 Å². The lowest BCUT2D eigenvalue weighted by Gasteiger charge is -2.25. The summed E-state index contributed by atoms with van der Waals surface area (Å²) < 4.78 is 0. The molecule has 1 aliphatic rings. The van der Waals surface area contributed by atoms with Crippen LogP contribution in [0.2, 0.25) is 0 Å². The van der Waals surface area contributed by atoms with Crippen LogP contribution >= 0.6 is 0 Å². The molecule has 0 aliphatic carbocycles. The largest absolute Gasteiger partial charge is 0.298 e. The number of hydrazine groups is 1. The zero-order valence-electron chi connectivity index (χ0n) is 6.59. The fourth-order valence-electron chi connectivity index (χ4n) is 1.11. The Hall–Kier alpha value is -0.900. The summed E-state index contributed by atoms with van der Waals surface area (Å²) in [6.45, 7) is 2.62. The molecule has 4 heteroatoms. The molecule has 0 aromatic rings. The van der Waals surface area contributed by atoms with Gasteiger partial charge >= 0.3 is 0 Å². The van der Waals surface area contributed by atoms with Crippen molar-refractivity contribution in [2.75, 3.05) is 13.1 Å². The molecular formula is C7H12N2O2. The molecule has 0 aromatic carbocycles. The van der Waals surface area contributed by atoms with Crippen LogP contribution in [0.4, 0.5) is 0 Å². The number of nitrogens with one attached hydrogen (secondary N) is 1. The number of amides is 1. The van der Waals surface area contributed by atoms with Gasteiger partial charge in [0.25, 0.3) is 0 Å². The minimum absolute atomic E-state index is 0.0116. The third-order valence-electron chi connectivity index (χ3n) is 1.53. The van der Waals surface area contributed by atoms with Crippen LogP contribution in [-0.4, -0.2) is 29.8 Å². The molecule has 1 amide bonds. The second kappa shape index (κ2) is 3.48. The molecule has 1 saturated heterocycles. The highest BCUT2D eigenvalue weighted by Crippen LogP contribution is 1.99. The maximum Gasteiger partial charge on any atom is 0.234 e. The third kappa shape index (κ3) is 2.67. The molecule has 1 rings (SSSR count). The lowest BCUT2D eigenvalue weighted by Crippen LogP contribution is -2.48. The Kier molecular flexibility index (Phi) is 2.59. The molecule has 0 unspecified atom stereocenters. The van der Waals surface area contributed by atoms with E-state index in [0.717, 1.165) is 13.0 Å². The monoisotopic (exact) mass is 156 g/mol. The van der Waals surface area contributed by atoms with Gasteiger partial charge in [-0.15, -0.1) is 0 Å². The molecule has 11 heavy (non-hydrogen) atoms. The van der Waals surface area contributed by atoms with Gasteiger partial charge in [-0.2, -0.15) is 0 Å². The van der Waals surface area contributed by atoms with Crippen LogP contribution in [0, 0.1) is 0 Å². The van der Waals surface area contributed by atoms with E-state index < -0.39 is 0 Å². The molecule has 1 heterocycles. The van der Waals surface area contributed by atoms with Crippen molar-refractivity contribution in [1.82, 2.24) is 10.4 Å². The Labute approximate surface area is 65.5 Å². The zero-order valence-corrected chi connectivity index (χ0v) is 6.59. The first-order valence-corrected chi connectivity index (χ1v) is 3.72. The lowest BCUT2D eigenvalue weighted by atomic mass is 10.2. The van der Waals surface area contributed by atoms with Gasteiger partial charge in [-0.3, -0.25) is 15.0 Å². The maximum atomic E-state index is 10.8. The van der Waals surface area contributed by atoms with Gasteiger partial charge in [0.2, 0.25) is 5.91 Å². The summed E-state index contributed by atoms with van der Waals surface area (Å²) in [5.74, 6) is 0.0877. The molecule has 62 valence electrons. The number of hydrogen-bond donors (Lipinski definition) is 1. The molecule has 0 spiro atoms. The number of ketones is 1. The number of Topliss-reactive ketones (excluding diaryl/α,β-unsaturated/α-hetero) is 1. The second-order valence-corrected chi connectivity index (χ2v) is 2.76. The Morgan fingerprint density at radius 2 is 2.45 bits per heavy atom. The number of carbonyl (C=O) groups excluding carboxylic acids is 2. The molecular weight excluding hydrogens is 144 g/mol. The van der Waals surface area contributed by atoms with Crippen LogP contribution in [0.15, 0.2) is 0 Å². The van der Waals surface area contributed by atoms with Gasteiger partial charge < -0.3 is 0 Å². The molecule has 1 N–H and O–H groups in total. The molecule has 1 aliphatic heterocycles. The van der Waals surface area contributed by atoms with Crippen molar-refractivity contribution in [2.24, 2.45) is 0 Å².